The number of hydrogen-bond acceptors (Lipinski definition) is 2. The minimum Gasteiger partial charge on any atom is -0.381 e. The van der Waals surface area contributed by atoms with Crippen molar-refractivity contribution in [2.75, 3.05) is 5.32 Å². The highest BCUT2D eigenvalue weighted by Crippen LogP contribution is 2.36. The zero-order valence-electron chi connectivity index (χ0n) is 10.6. The van der Waals surface area contributed by atoms with E-state index in [2.05, 4.69) is 26.2 Å². The molecule has 20 heavy (non-hydrogen) atoms. The van der Waals surface area contributed by atoms with Crippen molar-refractivity contribution in [2.45, 2.75) is 19.6 Å². The number of anilines is 1. The fraction of sp³-hybridized carbons (Fsp3) is 0.214. The topological polar surface area (TPSA) is 24.9 Å². The summed E-state index contributed by atoms with van der Waals surface area (Å²) < 4.78 is 38.4. The number of rotatable bonds is 3. The summed E-state index contributed by atoms with van der Waals surface area (Å²) in [5.74, 6) is 0. The van der Waals surface area contributed by atoms with Crippen LogP contribution in [-0.4, -0.2) is 4.98 Å². The maximum atomic E-state index is 12.8. The first-order chi connectivity index (χ1) is 9.36. The summed E-state index contributed by atoms with van der Waals surface area (Å²) in [5, 5.41) is 2.97. The van der Waals surface area contributed by atoms with Gasteiger partial charge in [-0.2, -0.15) is 13.2 Å². The molecule has 0 fully saturated rings. The van der Waals surface area contributed by atoms with Crippen LogP contribution in [0.1, 0.15) is 16.7 Å². The first-order valence-corrected chi connectivity index (χ1v) is 6.67. The molecule has 0 unspecified atom stereocenters. The lowest BCUT2D eigenvalue weighted by Crippen LogP contribution is -2.08. The second-order valence-corrected chi connectivity index (χ2v) is 5.27. The van der Waals surface area contributed by atoms with Crippen molar-refractivity contribution in [3.8, 4) is 0 Å². The molecule has 2 aromatic rings. The Hall–Kier alpha value is -1.56. The maximum absolute atomic E-state index is 12.8. The van der Waals surface area contributed by atoms with Crippen molar-refractivity contribution in [1.29, 1.82) is 0 Å². The Morgan fingerprint density at radius 1 is 1.20 bits per heavy atom. The Bertz CT molecular complexity index is 612. The van der Waals surface area contributed by atoms with Crippen molar-refractivity contribution in [3.05, 3.63) is 57.8 Å². The average molecular weight is 345 g/mol. The smallest absolute Gasteiger partial charge is 0.381 e. The zero-order valence-corrected chi connectivity index (χ0v) is 12.2. The van der Waals surface area contributed by atoms with E-state index >= 15 is 0 Å². The molecule has 0 bridgehead atoms. The minimum atomic E-state index is -4.37. The quantitative estimate of drug-likeness (QED) is 0.866. The average Bonchev–Trinajstić information content (AvgIpc) is 2.36. The number of benzene rings is 1. The van der Waals surface area contributed by atoms with Crippen LogP contribution in [0, 0.1) is 6.92 Å². The van der Waals surface area contributed by atoms with E-state index in [4.69, 9.17) is 0 Å². The number of aromatic nitrogens is 1. The molecular formula is C14H12BrF3N2. The van der Waals surface area contributed by atoms with E-state index < -0.39 is 11.7 Å². The summed E-state index contributed by atoms with van der Waals surface area (Å²) in [6.45, 7) is 2.34. The van der Waals surface area contributed by atoms with E-state index in [9.17, 15) is 13.2 Å². The summed E-state index contributed by atoms with van der Waals surface area (Å²) in [6, 6.07) is 6.01. The van der Waals surface area contributed by atoms with Crippen molar-refractivity contribution < 1.29 is 13.2 Å². The van der Waals surface area contributed by atoms with Crippen LogP contribution in [0.4, 0.5) is 18.9 Å². The summed E-state index contributed by atoms with van der Waals surface area (Å²) in [5.41, 5.74) is 1.66. The van der Waals surface area contributed by atoms with Crippen LogP contribution in [0.15, 0.2) is 41.1 Å². The zero-order chi connectivity index (χ0) is 14.8. The lowest BCUT2D eigenvalue weighted by Gasteiger charge is -2.12. The van der Waals surface area contributed by atoms with E-state index in [0.717, 1.165) is 17.2 Å². The molecule has 0 aliphatic rings. The molecule has 0 saturated carbocycles. The normalized spacial score (nSPS) is 11.4. The SMILES string of the molecule is Cc1cncc(CNc2ccc(Br)c(C(F)(F)F)c2)c1. The molecule has 2 rings (SSSR count). The van der Waals surface area contributed by atoms with Crippen molar-refractivity contribution in [2.24, 2.45) is 0 Å². The summed E-state index contributed by atoms with van der Waals surface area (Å²) in [6.07, 6.45) is -0.962. The number of hydrogen-bond donors (Lipinski definition) is 1. The Kier molecular flexibility index (Phi) is 4.32. The van der Waals surface area contributed by atoms with E-state index in [1.54, 1.807) is 18.5 Å². The van der Waals surface area contributed by atoms with Gasteiger partial charge in [0, 0.05) is 29.1 Å². The third kappa shape index (κ3) is 3.72. The Labute approximate surface area is 123 Å². The van der Waals surface area contributed by atoms with Crippen LogP contribution in [-0.2, 0) is 12.7 Å². The summed E-state index contributed by atoms with van der Waals surface area (Å²) in [4.78, 5) is 4.04. The van der Waals surface area contributed by atoms with Crippen molar-refractivity contribution in [3.63, 3.8) is 0 Å². The molecule has 0 atom stereocenters. The molecule has 1 aromatic heterocycles. The molecule has 0 spiro atoms. The maximum Gasteiger partial charge on any atom is 0.417 e. The Morgan fingerprint density at radius 3 is 2.60 bits per heavy atom. The van der Waals surface area contributed by atoms with Crippen LogP contribution in [0.2, 0.25) is 0 Å². The standard InChI is InChI=1S/C14H12BrF3N2/c1-9-4-10(7-19-6-9)8-20-11-2-3-13(15)12(5-11)14(16,17)18/h2-7,20H,8H2,1H3. The fourth-order valence-electron chi connectivity index (χ4n) is 1.77. The van der Waals surface area contributed by atoms with Gasteiger partial charge in [0.2, 0.25) is 0 Å². The van der Waals surface area contributed by atoms with Gasteiger partial charge in [0.25, 0.3) is 0 Å². The predicted molar refractivity (Wildman–Crippen MR) is 75.4 cm³/mol. The van der Waals surface area contributed by atoms with Gasteiger partial charge in [0.1, 0.15) is 0 Å². The fourth-order valence-corrected chi connectivity index (χ4v) is 2.24. The van der Waals surface area contributed by atoms with Crippen molar-refractivity contribution in [1.82, 2.24) is 4.98 Å². The highest BCUT2D eigenvalue weighted by atomic mass is 79.9. The summed E-state index contributed by atoms with van der Waals surface area (Å²) >= 11 is 2.91. The minimum absolute atomic E-state index is 0.0350. The molecule has 2 nitrogen and oxygen atoms in total. The van der Waals surface area contributed by atoms with Crippen LogP contribution in [0.3, 0.4) is 0 Å². The molecule has 106 valence electrons. The van der Waals surface area contributed by atoms with Gasteiger partial charge < -0.3 is 5.32 Å². The van der Waals surface area contributed by atoms with Crippen LogP contribution in [0.25, 0.3) is 0 Å². The van der Waals surface area contributed by atoms with Gasteiger partial charge in [0.05, 0.1) is 5.56 Å². The van der Waals surface area contributed by atoms with Gasteiger partial charge in [-0.3, -0.25) is 4.98 Å². The molecule has 0 aliphatic carbocycles. The van der Waals surface area contributed by atoms with Gasteiger partial charge in [-0.05, 0) is 36.2 Å². The second kappa shape index (κ2) is 5.83. The molecule has 1 heterocycles. The molecule has 0 saturated heterocycles. The third-order valence-electron chi connectivity index (χ3n) is 2.70. The molecule has 0 aliphatic heterocycles. The van der Waals surface area contributed by atoms with Crippen LogP contribution < -0.4 is 5.32 Å². The van der Waals surface area contributed by atoms with E-state index in [1.807, 2.05) is 13.0 Å². The highest BCUT2D eigenvalue weighted by molar-refractivity contribution is 9.10. The molecule has 0 amide bonds. The molecule has 1 aromatic carbocycles. The number of nitrogens with zero attached hydrogens (tertiary/aromatic N) is 1. The van der Waals surface area contributed by atoms with Gasteiger partial charge in [0.15, 0.2) is 0 Å². The van der Waals surface area contributed by atoms with Crippen LogP contribution >= 0.6 is 15.9 Å². The first kappa shape index (κ1) is 14.8. The number of aryl methyl sites for hydroxylation is 1. The second-order valence-electron chi connectivity index (χ2n) is 4.42. The van der Waals surface area contributed by atoms with Gasteiger partial charge in [-0.15, -0.1) is 0 Å². The van der Waals surface area contributed by atoms with Gasteiger partial charge in [-0.1, -0.05) is 22.0 Å². The first-order valence-electron chi connectivity index (χ1n) is 5.87. The number of alkyl halides is 3. The number of nitrogens with one attached hydrogen (secondary N) is 1. The predicted octanol–water partition coefficient (Wildman–Crippen LogP) is 4.78. The lowest BCUT2D eigenvalue weighted by atomic mass is 10.2. The lowest BCUT2D eigenvalue weighted by molar-refractivity contribution is -0.138. The largest absolute Gasteiger partial charge is 0.417 e. The van der Waals surface area contributed by atoms with E-state index in [0.29, 0.717) is 12.2 Å². The van der Waals surface area contributed by atoms with E-state index in [1.165, 1.54) is 6.07 Å². The monoisotopic (exact) mass is 344 g/mol. The summed E-state index contributed by atoms with van der Waals surface area (Å²) in [7, 11) is 0. The molecule has 6 heteroatoms. The molecule has 0 radical (unpaired) electrons. The van der Waals surface area contributed by atoms with E-state index in [-0.39, 0.29) is 4.47 Å². The van der Waals surface area contributed by atoms with Crippen LogP contribution in [0.5, 0.6) is 0 Å². The highest BCUT2D eigenvalue weighted by Gasteiger charge is 2.33. The molecular weight excluding hydrogens is 333 g/mol. The Balaban J connectivity index is 2.14. The van der Waals surface area contributed by atoms with Crippen molar-refractivity contribution >= 4 is 21.6 Å². The number of pyridine rings is 1. The third-order valence-corrected chi connectivity index (χ3v) is 3.39. The van der Waals surface area contributed by atoms with Gasteiger partial charge >= 0.3 is 6.18 Å². The Morgan fingerprint density at radius 2 is 1.95 bits per heavy atom. The number of halogens is 4. The molecule has 1 N–H and O–H groups in total. The van der Waals surface area contributed by atoms with Gasteiger partial charge in [-0.25, -0.2) is 0 Å².